The van der Waals surface area contributed by atoms with Crippen LogP contribution in [0.2, 0.25) is 0 Å². The fourth-order valence-electron chi connectivity index (χ4n) is 2.02. The van der Waals surface area contributed by atoms with E-state index in [1.807, 2.05) is 12.1 Å². The summed E-state index contributed by atoms with van der Waals surface area (Å²) in [7, 11) is 0. The number of amides is 1. The van der Waals surface area contributed by atoms with Crippen LogP contribution >= 0.6 is 24.8 Å². The van der Waals surface area contributed by atoms with E-state index in [-0.39, 0.29) is 36.8 Å². The minimum Gasteiger partial charge on any atom is -0.348 e. The van der Waals surface area contributed by atoms with Crippen molar-refractivity contribution >= 4 is 30.7 Å². The van der Waals surface area contributed by atoms with E-state index in [0.29, 0.717) is 11.7 Å². The van der Waals surface area contributed by atoms with E-state index in [2.05, 4.69) is 22.5 Å². The number of pyridine rings is 1. The first-order valence-corrected chi connectivity index (χ1v) is 5.71. The largest absolute Gasteiger partial charge is 0.348 e. The van der Waals surface area contributed by atoms with Gasteiger partial charge in [0.05, 0.1) is 0 Å². The fourth-order valence-corrected chi connectivity index (χ4v) is 2.02. The van der Waals surface area contributed by atoms with Gasteiger partial charge < -0.3 is 10.6 Å². The van der Waals surface area contributed by atoms with Crippen LogP contribution in [0.5, 0.6) is 0 Å². The quantitative estimate of drug-likeness (QED) is 0.874. The Balaban J connectivity index is 0.00000144. The zero-order valence-electron chi connectivity index (χ0n) is 10.3. The number of nitrogens with zero attached hydrogens (tertiary/aromatic N) is 1. The van der Waals surface area contributed by atoms with Crippen LogP contribution in [0.1, 0.15) is 30.3 Å². The molecule has 2 atom stereocenters. The molecule has 1 amide bonds. The molecule has 0 bridgehead atoms. The summed E-state index contributed by atoms with van der Waals surface area (Å²) >= 11 is 0. The molecule has 1 aliphatic heterocycles. The number of nitrogens with one attached hydrogen (secondary N) is 2. The second-order valence-electron chi connectivity index (χ2n) is 4.26. The Morgan fingerprint density at radius 2 is 2.22 bits per heavy atom. The summed E-state index contributed by atoms with van der Waals surface area (Å²) in [6.45, 7) is 3.10. The smallest absolute Gasteiger partial charge is 0.270 e. The molecule has 4 nitrogen and oxygen atoms in total. The van der Waals surface area contributed by atoms with E-state index in [0.717, 1.165) is 19.4 Å². The number of rotatable bonds is 2. The van der Waals surface area contributed by atoms with Gasteiger partial charge in [0.15, 0.2) is 0 Å². The predicted octanol–water partition coefficient (Wildman–Crippen LogP) is 1.80. The van der Waals surface area contributed by atoms with E-state index in [1.165, 1.54) is 0 Å². The minimum absolute atomic E-state index is 0. The van der Waals surface area contributed by atoms with Crippen molar-refractivity contribution in [3.63, 3.8) is 0 Å². The van der Waals surface area contributed by atoms with Gasteiger partial charge in [-0.15, -0.1) is 24.8 Å². The summed E-state index contributed by atoms with van der Waals surface area (Å²) in [5, 5.41) is 6.38. The molecule has 2 N–H and O–H groups in total. The molecule has 18 heavy (non-hydrogen) atoms. The van der Waals surface area contributed by atoms with Crippen LogP contribution in [0.4, 0.5) is 0 Å². The highest BCUT2D eigenvalue weighted by Crippen LogP contribution is 2.08. The van der Waals surface area contributed by atoms with Crippen LogP contribution in [0, 0.1) is 0 Å². The molecule has 0 aromatic carbocycles. The molecule has 1 aliphatic rings. The highest BCUT2D eigenvalue weighted by Gasteiger charge is 2.20. The van der Waals surface area contributed by atoms with E-state index in [1.54, 1.807) is 12.3 Å². The Morgan fingerprint density at radius 1 is 1.44 bits per heavy atom. The standard InChI is InChI=1S/C12H17N3O.2ClH/c1-9-8-10(5-7-13-9)15-12(16)11-4-2-3-6-14-11;;/h2-4,6,9-10,13H,5,7-8H2,1H3,(H,15,16);2*1H. The molecule has 2 rings (SSSR count). The Labute approximate surface area is 120 Å². The van der Waals surface area contributed by atoms with Gasteiger partial charge in [-0.2, -0.15) is 0 Å². The molecule has 2 unspecified atom stereocenters. The van der Waals surface area contributed by atoms with Gasteiger partial charge in [0, 0.05) is 18.3 Å². The second-order valence-corrected chi connectivity index (χ2v) is 4.26. The van der Waals surface area contributed by atoms with Gasteiger partial charge >= 0.3 is 0 Å². The van der Waals surface area contributed by atoms with Gasteiger partial charge in [-0.05, 0) is 38.4 Å². The third kappa shape index (κ3) is 4.80. The molecule has 1 aromatic heterocycles. The number of halogens is 2. The number of hydrogen-bond donors (Lipinski definition) is 2. The highest BCUT2D eigenvalue weighted by molar-refractivity contribution is 5.92. The van der Waals surface area contributed by atoms with Crippen molar-refractivity contribution in [2.75, 3.05) is 6.54 Å². The molecule has 0 saturated carbocycles. The first-order valence-electron chi connectivity index (χ1n) is 5.71. The molecule has 1 fully saturated rings. The Bertz CT molecular complexity index is 362. The lowest BCUT2D eigenvalue weighted by atomic mass is 10.0. The minimum atomic E-state index is -0.0697. The summed E-state index contributed by atoms with van der Waals surface area (Å²) in [5.74, 6) is -0.0697. The van der Waals surface area contributed by atoms with Crippen LogP contribution in [-0.2, 0) is 0 Å². The average molecular weight is 292 g/mol. The van der Waals surface area contributed by atoms with Gasteiger partial charge in [-0.1, -0.05) is 6.07 Å². The van der Waals surface area contributed by atoms with Crippen molar-refractivity contribution in [1.29, 1.82) is 0 Å². The van der Waals surface area contributed by atoms with Crippen LogP contribution in [-0.4, -0.2) is 29.5 Å². The van der Waals surface area contributed by atoms with Crippen LogP contribution in [0.25, 0.3) is 0 Å². The lowest BCUT2D eigenvalue weighted by Gasteiger charge is -2.28. The summed E-state index contributed by atoms with van der Waals surface area (Å²) in [6.07, 6.45) is 3.61. The molecule has 0 aliphatic carbocycles. The molecular formula is C12H19Cl2N3O. The molecule has 0 spiro atoms. The number of aromatic nitrogens is 1. The third-order valence-electron chi connectivity index (χ3n) is 2.86. The summed E-state index contributed by atoms with van der Waals surface area (Å²) < 4.78 is 0. The molecule has 0 radical (unpaired) electrons. The lowest BCUT2D eigenvalue weighted by Crippen LogP contribution is -2.46. The molecular weight excluding hydrogens is 273 g/mol. The van der Waals surface area contributed by atoms with E-state index >= 15 is 0 Å². The van der Waals surface area contributed by atoms with Crippen LogP contribution < -0.4 is 10.6 Å². The number of carbonyl (C=O) groups excluding carboxylic acids is 1. The Kier molecular flexibility index (Phi) is 7.91. The van der Waals surface area contributed by atoms with Crippen LogP contribution in [0.3, 0.4) is 0 Å². The van der Waals surface area contributed by atoms with Gasteiger partial charge in [0.1, 0.15) is 5.69 Å². The van der Waals surface area contributed by atoms with Gasteiger partial charge in [-0.25, -0.2) is 0 Å². The molecule has 1 aromatic rings. The van der Waals surface area contributed by atoms with Gasteiger partial charge in [0.2, 0.25) is 0 Å². The Morgan fingerprint density at radius 3 is 2.83 bits per heavy atom. The van der Waals surface area contributed by atoms with E-state index in [4.69, 9.17) is 0 Å². The Hall–Kier alpha value is -0.840. The third-order valence-corrected chi connectivity index (χ3v) is 2.86. The second kappa shape index (κ2) is 8.29. The normalized spacial score (nSPS) is 22.3. The summed E-state index contributed by atoms with van der Waals surface area (Å²) in [4.78, 5) is 15.9. The van der Waals surface area contributed by atoms with Crippen molar-refractivity contribution in [2.45, 2.75) is 31.8 Å². The average Bonchev–Trinajstić information content (AvgIpc) is 2.30. The van der Waals surface area contributed by atoms with Crippen molar-refractivity contribution in [3.8, 4) is 0 Å². The number of piperidine rings is 1. The SMILES string of the molecule is CC1CC(NC(=O)c2ccccn2)CCN1.Cl.Cl. The van der Waals surface area contributed by atoms with Crippen LogP contribution in [0.15, 0.2) is 24.4 Å². The topological polar surface area (TPSA) is 54.0 Å². The first kappa shape index (κ1) is 17.2. The molecule has 1 saturated heterocycles. The fraction of sp³-hybridized carbons (Fsp3) is 0.500. The zero-order chi connectivity index (χ0) is 11.4. The maximum absolute atomic E-state index is 11.8. The van der Waals surface area contributed by atoms with E-state index in [9.17, 15) is 4.79 Å². The molecule has 6 heteroatoms. The number of hydrogen-bond acceptors (Lipinski definition) is 3. The maximum atomic E-state index is 11.8. The van der Waals surface area contributed by atoms with Crippen molar-refractivity contribution < 1.29 is 4.79 Å². The van der Waals surface area contributed by atoms with Crippen molar-refractivity contribution in [2.24, 2.45) is 0 Å². The molecule has 2 heterocycles. The summed E-state index contributed by atoms with van der Waals surface area (Å²) in [6, 6.07) is 6.12. The van der Waals surface area contributed by atoms with Crippen molar-refractivity contribution in [1.82, 2.24) is 15.6 Å². The monoisotopic (exact) mass is 291 g/mol. The first-order chi connectivity index (χ1) is 7.75. The van der Waals surface area contributed by atoms with E-state index < -0.39 is 0 Å². The van der Waals surface area contributed by atoms with Gasteiger partial charge in [0.25, 0.3) is 5.91 Å². The van der Waals surface area contributed by atoms with Gasteiger partial charge in [-0.3, -0.25) is 9.78 Å². The zero-order valence-corrected chi connectivity index (χ0v) is 11.9. The number of carbonyl (C=O) groups is 1. The predicted molar refractivity (Wildman–Crippen MR) is 76.7 cm³/mol. The molecule has 102 valence electrons. The van der Waals surface area contributed by atoms with Crippen molar-refractivity contribution in [3.05, 3.63) is 30.1 Å². The lowest BCUT2D eigenvalue weighted by molar-refractivity contribution is 0.0920. The maximum Gasteiger partial charge on any atom is 0.270 e. The highest BCUT2D eigenvalue weighted by atomic mass is 35.5. The summed E-state index contributed by atoms with van der Waals surface area (Å²) in [5.41, 5.74) is 0.494.